The summed E-state index contributed by atoms with van der Waals surface area (Å²) in [5.41, 5.74) is 2.04. The third-order valence-electron chi connectivity index (χ3n) is 4.01. The monoisotopic (exact) mass is 286 g/mol. The molecule has 0 radical (unpaired) electrons. The highest BCUT2D eigenvalue weighted by Gasteiger charge is 2.45. The van der Waals surface area contributed by atoms with Crippen LogP contribution in [-0.4, -0.2) is 45.0 Å². The maximum absolute atomic E-state index is 11.9. The molecule has 0 aliphatic carbocycles. The van der Waals surface area contributed by atoms with Gasteiger partial charge in [-0.25, -0.2) is 4.68 Å². The lowest BCUT2D eigenvalue weighted by atomic mass is 10.0. The minimum absolute atomic E-state index is 0.0556. The van der Waals surface area contributed by atoms with Crippen LogP contribution >= 0.6 is 0 Å². The minimum atomic E-state index is -0.704. The van der Waals surface area contributed by atoms with Crippen molar-refractivity contribution < 1.29 is 14.3 Å². The zero-order valence-electron chi connectivity index (χ0n) is 11.5. The molecule has 0 saturated carbocycles. The van der Waals surface area contributed by atoms with Gasteiger partial charge in [-0.1, -0.05) is 24.3 Å². The molecule has 0 spiro atoms. The molecule has 2 aliphatic heterocycles. The van der Waals surface area contributed by atoms with E-state index in [9.17, 15) is 4.79 Å². The van der Waals surface area contributed by atoms with Crippen molar-refractivity contribution in [2.75, 3.05) is 6.61 Å². The molecule has 21 heavy (non-hydrogen) atoms. The number of aryl methyl sites for hydroxylation is 1. The first-order chi connectivity index (χ1) is 10.2. The number of Topliss-reactive ketones (excluding diaryl/α,β-unsaturated/α-hetero) is 1. The first kappa shape index (κ1) is 12.6. The van der Waals surface area contributed by atoms with Crippen LogP contribution in [0.4, 0.5) is 0 Å². The van der Waals surface area contributed by atoms with E-state index in [1.54, 1.807) is 4.68 Å². The first-order valence-electron chi connectivity index (χ1n) is 6.87. The van der Waals surface area contributed by atoms with E-state index in [0.29, 0.717) is 18.9 Å². The third kappa shape index (κ3) is 1.97. The number of carbonyl (C=O) groups is 1. The Morgan fingerprint density at radius 3 is 3.05 bits per heavy atom. The average Bonchev–Trinajstić information content (AvgIpc) is 3.12. The summed E-state index contributed by atoms with van der Waals surface area (Å²) in [6, 6.07) is 7.66. The highest BCUT2D eigenvalue weighted by molar-refractivity contribution is 5.83. The van der Waals surface area contributed by atoms with E-state index >= 15 is 0 Å². The van der Waals surface area contributed by atoms with E-state index in [-0.39, 0.29) is 17.9 Å². The second kappa shape index (κ2) is 4.71. The topological polar surface area (TPSA) is 79.1 Å². The fraction of sp³-hybridized carbons (Fsp3) is 0.429. The van der Waals surface area contributed by atoms with Gasteiger partial charge in [-0.05, 0) is 22.9 Å². The van der Waals surface area contributed by atoms with Gasteiger partial charge in [-0.2, -0.15) is 0 Å². The maximum atomic E-state index is 11.9. The molecular formula is C14H14N4O3. The van der Waals surface area contributed by atoms with Crippen LogP contribution < -0.4 is 0 Å². The van der Waals surface area contributed by atoms with Crippen LogP contribution in [0, 0.1) is 6.92 Å². The van der Waals surface area contributed by atoms with Crippen molar-refractivity contribution in [1.29, 1.82) is 0 Å². The standard InChI is InChI=1S/C14H14N4O3/c1-8-4-2-3-5-9(8)13-15-16-17-18(13)10-6-11(19)14-20-7-12(10)21-14/h2-5,10,12,14H,6-7H2,1H3/t10-,12-,14-/m1/s1. The Morgan fingerprint density at radius 1 is 1.33 bits per heavy atom. The van der Waals surface area contributed by atoms with Gasteiger partial charge in [-0.15, -0.1) is 5.10 Å². The molecule has 7 nitrogen and oxygen atoms in total. The zero-order chi connectivity index (χ0) is 14.4. The number of fused-ring (bicyclic) bond motifs is 2. The molecular weight excluding hydrogens is 272 g/mol. The van der Waals surface area contributed by atoms with Gasteiger partial charge in [0.15, 0.2) is 11.6 Å². The van der Waals surface area contributed by atoms with Crippen LogP contribution in [0.5, 0.6) is 0 Å². The van der Waals surface area contributed by atoms with Crippen LogP contribution in [0.25, 0.3) is 11.4 Å². The summed E-state index contributed by atoms with van der Waals surface area (Å²) in [5, 5.41) is 12.0. The summed E-state index contributed by atoms with van der Waals surface area (Å²) in [6.07, 6.45) is -0.553. The average molecular weight is 286 g/mol. The molecule has 108 valence electrons. The second-order valence-electron chi connectivity index (χ2n) is 5.34. The Kier molecular flexibility index (Phi) is 2.83. The van der Waals surface area contributed by atoms with Crippen molar-refractivity contribution in [2.45, 2.75) is 31.8 Å². The molecule has 0 unspecified atom stereocenters. The van der Waals surface area contributed by atoms with Crippen LogP contribution in [0.1, 0.15) is 18.0 Å². The molecule has 7 heteroatoms. The van der Waals surface area contributed by atoms with Crippen molar-refractivity contribution in [1.82, 2.24) is 20.2 Å². The quantitative estimate of drug-likeness (QED) is 0.816. The molecule has 1 aromatic carbocycles. The SMILES string of the molecule is Cc1ccccc1-c1nnnn1[C@@H]1CC(=O)[C@@H]2OC[C@H]1O2. The number of benzene rings is 1. The third-order valence-corrected chi connectivity index (χ3v) is 4.01. The Balaban J connectivity index is 1.76. The predicted molar refractivity (Wildman–Crippen MR) is 71.3 cm³/mol. The molecule has 2 fully saturated rings. The van der Waals surface area contributed by atoms with E-state index in [1.807, 2.05) is 31.2 Å². The number of aromatic nitrogens is 4. The number of ketones is 1. The van der Waals surface area contributed by atoms with Gasteiger partial charge in [0.25, 0.3) is 0 Å². The highest BCUT2D eigenvalue weighted by Crippen LogP contribution is 2.34. The number of rotatable bonds is 2. The van der Waals surface area contributed by atoms with Crippen molar-refractivity contribution in [3.8, 4) is 11.4 Å². The lowest BCUT2D eigenvalue weighted by molar-refractivity contribution is -0.156. The summed E-state index contributed by atoms with van der Waals surface area (Å²) >= 11 is 0. The van der Waals surface area contributed by atoms with Crippen LogP contribution in [0.15, 0.2) is 24.3 Å². The Bertz CT molecular complexity index is 699. The molecule has 2 saturated heterocycles. The molecule has 3 heterocycles. The van der Waals surface area contributed by atoms with Gasteiger partial charge in [0.1, 0.15) is 6.10 Å². The van der Waals surface area contributed by atoms with Crippen LogP contribution in [0.2, 0.25) is 0 Å². The van der Waals surface area contributed by atoms with E-state index in [2.05, 4.69) is 15.5 Å². The highest BCUT2D eigenvalue weighted by atomic mass is 16.7. The summed E-state index contributed by atoms with van der Waals surface area (Å²) < 4.78 is 12.6. The second-order valence-corrected chi connectivity index (χ2v) is 5.34. The van der Waals surface area contributed by atoms with Crippen molar-refractivity contribution in [3.63, 3.8) is 0 Å². The normalized spacial score (nSPS) is 28.0. The van der Waals surface area contributed by atoms with E-state index in [4.69, 9.17) is 9.47 Å². The van der Waals surface area contributed by atoms with E-state index in [0.717, 1.165) is 11.1 Å². The number of hydrogen-bond acceptors (Lipinski definition) is 6. The zero-order valence-corrected chi connectivity index (χ0v) is 11.5. The van der Waals surface area contributed by atoms with Crippen molar-refractivity contribution in [2.24, 2.45) is 0 Å². The summed E-state index contributed by atoms with van der Waals surface area (Å²) in [6.45, 7) is 2.40. The number of carbonyl (C=O) groups excluding carboxylic acids is 1. The van der Waals surface area contributed by atoms with Gasteiger partial charge in [0, 0.05) is 12.0 Å². The smallest absolute Gasteiger partial charge is 0.218 e. The number of ether oxygens (including phenoxy) is 2. The Labute approximate surface area is 120 Å². The molecule has 3 atom stereocenters. The molecule has 2 aliphatic rings. The van der Waals surface area contributed by atoms with Gasteiger partial charge in [0.2, 0.25) is 6.29 Å². The molecule has 0 N–H and O–H groups in total. The Morgan fingerprint density at radius 2 is 2.19 bits per heavy atom. The van der Waals surface area contributed by atoms with E-state index < -0.39 is 6.29 Å². The lowest BCUT2D eigenvalue weighted by Gasteiger charge is -2.26. The van der Waals surface area contributed by atoms with Gasteiger partial charge in [0.05, 0.1) is 12.6 Å². The van der Waals surface area contributed by atoms with Gasteiger partial charge >= 0.3 is 0 Å². The number of nitrogens with zero attached hydrogens (tertiary/aromatic N) is 4. The van der Waals surface area contributed by atoms with E-state index in [1.165, 1.54) is 0 Å². The molecule has 2 bridgehead atoms. The molecule has 2 aromatic rings. The summed E-state index contributed by atoms with van der Waals surface area (Å²) in [4.78, 5) is 11.9. The molecule has 4 rings (SSSR count). The number of hydrogen-bond donors (Lipinski definition) is 0. The lowest BCUT2D eigenvalue weighted by Crippen LogP contribution is -2.37. The summed E-state index contributed by atoms with van der Waals surface area (Å²) in [7, 11) is 0. The number of tetrazole rings is 1. The van der Waals surface area contributed by atoms with Crippen molar-refractivity contribution >= 4 is 5.78 Å². The van der Waals surface area contributed by atoms with Gasteiger partial charge in [-0.3, -0.25) is 4.79 Å². The predicted octanol–water partition coefficient (Wildman–Crippen LogP) is 0.904. The van der Waals surface area contributed by atoms with Crippen LogP contribution in [0.3, 0.4) is 0 Å². The maximum Gasteiger partial charge on any atom is 0.218 e. The van der Waals surface area contributed by atoms with Gasteiger partial charge < -0.3 is 9.47 Å². The largest absolute Gasteiger partial charge is 0.343 e. The summed E-state index contributed by atoms with van der Waals surface area (Å²) in [5.74, 6) is 0.597. The van der Waals surface area contributed by atoms with Crippen molar-refractivity contribution in [3.05, 3.63) is 29.8 Å². The van der Waals surface area contributed by atoms with Crippen LogP contribution in [-0.2, 0) is 14.3 Å². The first-order valence-corrected chi connectivity index (χ1v) is 6.87. The molecule has 0 amide bonds. The minimum Gasteiger partial charge on any atom is -0.343 e. The Hall–Kier alpha value is -2.12. The fourth-order valence-electron chi connectivity index (χ4n) is 2.89. The molecule has 1 aromatic heterocycles. The fourth-order valence-corrected chi connectivity index (χ4v) is 2.89.